The number of nitrogens with one attached hydrogen (secondary N) is 3. The van der Waals surface area contributed by atoms with Crippen LogP contribution in [0.5, 0.6) is 0 Å². The molecule has 0 saturated carbocycles. The molecule has 2 aromatic heterocycles. The number of nitrogens with zero attached hydrogens (tertiary/aromatic N) is 3. The van der Waals surface area contributed by atoms with E-state index in [1.165, 1.54) is 0 Å². The van der Waals surface area contributed by atoms with Crippen LogP contribution in [-0.4, -0.2) is 34.1 Å². The monoisotopic (exact) mass is 342 g/mol. The van der Waals surface area contributed by atoms with Crippen molar-refractivity contribution in [1.29, 1.82) is 0 Å². The van der Waals surface area contributed by atoms with Gasteiger partial charge in [0.25, 0.3) is 0 Å². The molecule has 0 aliphatic carbocycles. The summed E-state index contributed by atoms with van der Waals surface area (Å²) in [5.41, 5.74) is 4.07. The first-order valence-electron chi connectivity index (χ1n) is 7.74. The van der Waals surface area contributed by atoms with Gasteiger partial charge in [-0.25, -0.2) is 4.98 Å². The Morgan fingerprint density at radius 2 is 1.79 bits per heavy atom. The van der Waals surface area contributed by atoms with Gasteiger partial charge in [-0.05, 0) is 23.8 Å². The van der Waals surface area contributed by atoms with Gasteiger partial charge in [-0.15, -0.1) is 12.4 Å². The zero-order chi connectivity index (χ0) is 15.5. The molecular formula is C17H19ClN6. The standard InChI is InChI=1S/C17H18N6.ClH/c1-2-15-16(20-6-5-19-15)7-12(1)9-22-17-8-13(3-4-21-17)23-14-10-18-11-14;/h1-8,14,18H,9-11H2,(H2,21,22,23);1H. The third-order valence-electron chi connectivity index (χ3n) is 3.92. The van der Waals surface area contributed by atoms with Crippen LogP contribution in [0.3, 0.4) is 0 Å². The van der Waals surface area contributed by atoms with E-state index >= 15 is 0 Å². The van der Waals surface area contributed by atoms with E-state index in [0.29, 0.717) is 12.6 Å². The molecule has 0 unspecified atom stereocenters. The molecule has 0 radical (unpaired) electrons. The summed E-state index contributed by atoms with van der Waals surface area (Å²) in [7, 11) is 0. The first-order chi connectivity index (χ1) is 11.4. The number of hydrogen-bond acceptors (Lipinski definition) is 6. The highest BCUT2D eigenvalue weighted by Crippen LogP contribution is 2.16. The average molecular weight is 343 g/mol. The lowest BCUT2D eigenvalue weighted by Gasteiger charge is -2.29. The van der Waals surface area contributed by atoms with E-state index < -0.39 is 0 Å². The third-order valence-corrected chi connectivity index (χ3v) is 3.92. The molecule has 0 spiro atoms. The molecule has 7 heteroatoms. The molecule has 1 fully saturated rings. The molecule has 1 aliphatic heterocycles. The summed E-state index contributed by atoms with van der Waals surface area (Å²) in [6.45, 7) is 2.74. The fourth-order valence-electron chi connectivity index (χ4n) is 2.55. The second kappa shape index (κ2) is 7.42. The SMILES string of the molecule is Cl.c1cc(NC2CNC2)cc(NCc2ccc3nccnc3c2)n1. The van der Waals surface area contributed by atoms with Gasteiger partial charge in [-0.1, -0.05) is 6.07 Å². The maximum absolute atomic E-state index is 4.37. The van der Waals surface area contributed by atoms with Crippen molar-refractivity contribution in [2.75, 3.05) is 23.7 Å². The molecule has 124 valence electrons. The lowest BCUT2D eigenvalue weighted by atomic mass is 10.1. The van der Waals surface area contributed by atoms with Crippen LogP contribution in [-0.2, 0) is 6.54 Å². The first-order valence-corrected chi connectivity index (χ1v) is 7.74. The van der Waals surface area contributed by atoms with Crippen molar-refractivity contribution in [3.63, 3.8) is 0 Å². The molecule has 0 bridgehead atoms. The summed E-state index contributed by atoms with van der Waals surface area (Å²) in [4.78, 5) is 13.0. The quantitative estimate of drug-likeness (QED) is 0.661. The molecule has 6 nitrogen and oxygen atoms in total. The molecule has 3 N–H and O–H groups in total. The normalized spacial score (nSPS) is 13.8. The van der Waals surface area contributed by atoms with Crippen LogP contribution in [0.1, 0.15) is 5.56 Å². The Morgan fingerprint density at radius 1 is 0.958 bits per heavy atom. The van der Waals surface area contributed by atoms with Gasteiger partial charge in [0.15, 0.2) is 0 Å². The second-order valence-electron chi connectivity index (χ2n) is 5.66. The van der Waals surface area contributed by atoms with Crippen LogP contribution in [0.25, 0.3) is 11.0 Å². The minimum Gasteiger partial charge on any atom is -0.380 e. The Labute approximate surface area is 146 Å². The maximum Gasteiger partial charge on any atom is 0.128 e. The fourth-order valence-corrected chi connectivity index (χ4v) is 2.55. The highest BCUT2D eigenvalue weighted by atomic mass is 35.5. The molecule has 4 rings (SSSR count). The van der Waals surface area contributed by atoms with Crippen molar-refractivity contribution in [2.45, 2.75) is 12.6 Å². The van der Waals surface area contributed by atoms with E-state index in [-0.39, 0.29) is 12.4 Å². The van der Waals surface area contributed by atoms with Crippen LogP contribution in [0.15, 0.2) is 48.9 Å². The second-order valence-corrected chi connectivity index (χ2v) is 5.66. The average Bonchev–Trinajstić information content (AvgIpc) is 2.57. The van der Waals surface area contributed by atoms with Crippen molar-refractivity contribution in [3.8, 4) is 0 Å². The van der Waals surface area contributed by atoms with E-state index in [1.54, 1.807) is 12.4 Å². The fraction of sp³-hybridized carbons (Fsp3) is 0.235. The summed E-state index contributed by atoms with van der Waals surface area (Å²) in [6, 6.07) is 10.7. The van der Waals surface area contributed by atoms with Crippen LogP contribution in [0.4, 0.5) is 11.5 Å². The molecule has 1 aliphatic rings. The van der Waals surface area contributed by atoms with Gasteiger partial charge >= 0.3 is 0 Å². The van der Waals surface area contributed by atoms with Crippen molar-refractivity contribution in [2.24, 2.45) is 0 Å². The molecule has 1 saturated heterocycles. The summed E-state index contributed by atoms with van der Waals surface area (Å²) in [5.74, 6) is 0.863. The van der Waals surface area contributed by atoms with Gasteiger partial charge in [0.1, 0.15) is 5.82 Å². The van der Waals surface area contributed by atoms with Gasteiger partial charge in [0.05, 0.1) is 17.1 Å². The molecule has 1 aromatic carbocycles. The zero-order valence-corrected chi connectivity index (χ0v) is 13.9. The number of anilines is 2. The lowest BCUT2D eigenvalue weighted by Crippen LogP contribution is -2.51. The molecule has 0 atom stereocenters. The Bertz CT molecular complexity index is 821. The Balaban J connectivity index is 0.00000169. The van der Waals surface area contributed by atoms with Crippen molar-refractivity contribution in [1.82, 2.24) is 20.3 Å². The number of halogens is 1. The Kier molecular flexibility index (Phi) is 5.08. The van der Waals surface area contributed by atoms with E-state index in [2.05, 4.69) is 43.0 Å². The van der Waals surface area contributed by atoms with Gasteiger partial charge in [-0.2, -0.15) is 0 Å². The summed E-state index contributed by atoms with van der Waals surface area (Å²) < 4.78 is 0. The van der Waals surface area contributed by atoms with Crippen LogP contribution in [0.2, 0.25) is 0 Å². The van der Waals surface area contributed by atoms with E-state index in [4.69, 9.17) is 0 Å². The predicted octanol–water partition coefficient (Wildman–Crippen LogP) is 2.44. The predicted molar refractivity (Wildman–Crippen MR) is 98.6 cm³/mol. The molecule has 3 heterocycles. The number of fused-ring (bicyclic) bond motifs is 1. The number of benzene rings is 1. The van der Waals surface area contributed by atoms with Crippen LogP contribution in [0, 0.1) is 0 Å². The summed E-state index contributed by atoms with van der Waals surface area (Å²) >= 11 is 0. The van der Waals surface area contributed by atoms with Crippen LogP contribution >= 0.6 is 12.4 Å². The molecule has 3 aromatic rings. The molecular weight excluding hydrogens is 324 g/mol. The van der Waals surface area contributed by atoms with Gasteiger partial charge < -0.3 is 16.0 Å². The number of pyridine rings is 1. The first kappa shape index (κ1) is 16.4. The van der Waals surface area contributed by atoms with Crippen molar-refractivity contribution < 1.29 is 0 Å². The third kappa shape index (κ3) is 3.72. The summed E-state index contributed by atoms with van der Waals surface area (Å²) in [6.07, 6.45) is 5.24. The maximum atomic E-state index is 4.37. The van der Waals surface area contributed by atoms with Crippen molar-refractivity contribution >= 4 is 34.9 Å². The smallest absolute Gasteiger partial charge is 0.128 e. The van der Waals surface area contributed by atoms with Crippen LogP contribution < -0.4 is 16.0 Å². The minimum absolute atomic E-state index is 0. The van der Waals surface area contributed by atoms with Gasteiger partial charge in [0, 0.05) is 50.0 Å². The van der Waals surface area contributed by atoms with E-state index in [1.807, 2.05) is 24.4 Å². The zero-order valence-electron chi connectivity index (χ0n) is 13.1. The summed E-state index contributed by atoms with van der Waals surface area (Å²) in [5, 5.41) is 10.1. The molecule has 0 amide bonds. The largest absolute Gasteiger partial charge is 0.380 e. The molecule has 24 heavy (non-hydrogen) atoms. The van der Waals surface area contributed by atoms with Gasteiger partial charge in [0.2, 0.25) is 0 Å². The van der Waals surface area contributed by atoms with E-state index in [9.17, 15) is 0 Å². The lowest BCUT2D eigenvalue weighted by molar-refractivity contribution is 0.472. The highest BCUT2D eigenvalue weighted by molar-refractivity contribution is 5.85. The van der Waals surface area contributed by atoms with E-state index in [0.717, 1.165) is 41.2 Å². The minimum atomic E-state index is 0. The van der Waals surface area contributed by atoms with Crippen molar-refractivity contribution in [3.05, 3.63) is 54.5 Å². The number of rotatable bonds is 5. The topological polar surface area (TPSA) is 74.8 Å². The Morgan fingerprint density at radius 3 is 2.58 bits per heavy atom. The number of hydrogen-bond donors (Lipinski definition) is 3. The van der Waals surface area contributed by atoms with Gasteiger partial charge in [-0.3, -0.25) is 9.97 Å². The number of aromatic nitrogens is 3. The Hall–Kier alpha value is -2.44. The highest BCUT2D eigenvalue weighted by Gasteiger charge is 2.15.